The van der Waals surface area contributed by atoms with Crippen molar-refractivity contribution in [3.05, 3.63) is 88.8 Å². The normalized spacial score (nSPS) is 15.6. The number of furan rings is 1. The molecular formula is C23H20FN3O4S. The number of anilines is 1. The molecule has 0 fully saturated rings. The van der Waals surface area contributed by atoms with Gasteiger partial charge in [-0.3, -0.25) is 4.79 Å². The maximum absolute atomic E-state index is 13.0. The highest BCUT2D eigenvalue weighted by molar-refractivity contribution is 8.03. The van der Waals surface area contributed by atoms with Crippen LogP contribution in [-0.4, -0.2) is 24.2 Å². The molecular weight excluding hydrogens is 433 g/mol. The van der Waals surface area contributed by atoms with Gasteiger partial charge in [0.25, 0.3) is 0 Å². The quantitative estimate of drug-likeness (QED) is 0.456. The molecule has 2 aromatic rings. The molecule has 0 spiro atoms. The van der Waals surface area contributed by atoms with Crippen LogP contribution in [0.25, 0.3) is 0 Å². The summed E-state index contributed by atoms with van der Waals surface area (Å²) in [7, 11) is 0. The molecule has 0 saturated heterocycles. The maximum atomic E-state index is 13.0. The van der Waals surface area contributed by atoms with E-state index in [1.54, 1.807) is 19.1 Å². The molecule has 1 amide bonds. The van der Waals surface area contributed by atoms with Gasteiger partial charge in [-0.25, -0.2) is 9.18 Å². The summed E-state index contributed by atoms with van der Waals surface area (Å²) >= 11 is 1.11. The minimum Gasteiger partial charge on any atom is -0.468 e. The second kappa shape index (κ2) is 10.5. The molecule has 2 N–H and O–H groups in total. The Balaban J connectivity index is 1.83. The zero-order valence-corrected chi connectivity index (χ0v) is 18.0. The van der Waals surface area contributed by atoms with Crippen LogP contribution < -0.4 is 10.6 Å². The summed E-state index contributed by atoms with van der Waals surface area (Å²) in [6.07, 6.45) is 2.91. The summed E-state index contributed by atoms with van der Waals surface area (Å²) in [4.78, 5) is 25.0. The fourth-order valence-electron chi connectivity index (χ4n) is 3.12. The number of carbonyl (C=O) groups is 2. The van der Waals surface area contributed by atoms with Gasteiger partial charge in [-0.05, 0) is 43.3 Å². The summed E-state index contributed by atoms with van der Waals surface area (Å²) in [5.41, 5.74) is 1.43. The van der Waals surface area contributed by atoms with Gasteiger partial charge < -0.3 is 19.8 Å². The van der Waals surface area contributed by atoms with Crippen molar-refractivity contribution in [2.45, 2.75) is 12.8 Å². The van der Waals surface area contributed by atoms with E-state index in [9.17, 15) is 19.2 Å². The van der Waals surface area contributed by atoms with E-state index in [2.05, 4.69) is 23.3 Å². The van der Waals surface area contributed by atoms with Crippen LogP contribution in [0.5, 0.6) is 0 Å². The largest absolute Gasteiger partial charge is 0.468 e. The highest BCUT2D eigenvalue weighted by atomic mass is 32.2. The van der Waals surface area contributed by atoms with Crippen LogP contribution in [0, 0.1) is 17.1 Å². The Bertz CT molecular complexity index is 1120. The van der Waals surface area contributed by atoms with Gasteiger partial charge in [0.15, 0.2) is 0 Å². The highest BCUT2D eigenvalue weighted by Crippen LogP contribution is 2.41. The van der Waals surface area contributed by atoms with E-state index in [-0.39, 0.29) is 29.4 Å². The Morgan fingerprint density at radius 1 is 1.38 bits per heavy atom. The number of halogens is 1. The van der Waals surface area contributed by atoms with Crippen molar-refractivity contribution in [2.24, 2.45) is 0 Å². The Morgan fingerprint density at radius 3 is 2.75 bits per heavy atom. The number of ether oxygens (including phenoxy) is 1. The standard InChI is InChI=1S/C23H20FN3O4S/c1-3-10-31-23(29)20-14(2)26-22(17(12-25)21(20)18-5-4-11-30-18)32-13-19(28)27-16-8-6-15(24)7-9-16/h3-9,11,21,26H,1,10,13H2,2H3,(H,27,28)/t21-/m0/s1. The van der Waals surface area contributed by atoms with Crippen LogP contribution in [0.4, 0.5) is 10.1 Å². The molecule has 9 heteroatoms. The van der Waals surface area contributed by atoms with Crippen LogP contribution in [0.15, 0.2) is 81.6 Å². The Morgan fingerprint density at radius 2 is 2.12 bits per heavy atom. The first kappa shape index (κ1) is 22.9. The van der Waals surface area contributed by atoms with Crippen molar-refractivity contribution in [1.82, 2.24) is 5.32 Å². The molecule has 7 nitrogen and oxygen atoms in total. The number of amides is 1. The highest BCUT2D eigenvalue weighted by Gasteiger charge is 2.37. The van der Waals surface area contributed by atoms with Gasteiger partial charge in [0.2, 0.25) is 5.91 Å². The van der Waals surface area contributed by atoms with Crippen LogP contribution in [0.2, 0.25) is 0 Å². The second-order valence-electron chi connectivity index (χ2n) is 6.70. The van der Waals surface area contributed by atoms with Crippen LogP contribution in [-0.2, 0) is 14.3 Å². The summed E-state index contributed by atoms with van der Waals surface area (Å²) in [5, 5.41) is 16.0. The number of nitrogens with zero attached hydrogens (tertiary/aromatic N) is 1. The summed E-state index contributed by atoms with van der Waals surface area (Å²) in [6, 6.07) is 10.9. The molecule has 1 aromatic heterocycles. The van der Waals surface area contributed by atoms with Crippen LogP contribution in [0.1, 0.15) is 18.6 Å². The lowest BCUT2D eigenvalue weighted by Gasteiger charge is -2.27. The number of hydrogen-bond donors (Lipinski definition) is 2. The van der Waals surface area contributed by atoms with Gasteiger partial charge in [0, 0.05) is 11.4 Å². The topological polar surface area (TPSA) is 104 Å². The molecule has 0 aliphatic carbocycles. The molecule has 0 unspecified atom stereocenters. The molecule has 1 aromatic carbocycles. The van der Waals surface area contributed by atoms with E-state index in [0.29, 0.717) is 22.2 Å². The maximum Gasteiger partial charge on any atom is 0.337 e. The Labute approximate surface area is 188 Å². The fraction of sp³-hybridized carbons (Fsp3) is 0.174. The minimum atomic E-state index is -0.781. The van der Waals surface area contributed by atoms with Crippen molar-refractivity contribution < 1.29 is 23.1 Å². The van der Waals surface area contributed by atoms with Gasteiger partial charge in [-0.2, -0.15) is 5.26 Å². The van der Waals surface area contributed by atoms with Gasteiger partial charge in [0.1, 0.15) is 18.2 Å². The number of allylic oxidation sites excluding steroid dienone is 2. The molecule has 1 aliphatic rings. The SMILES string of the molecule is C=CCOC(=O)C1=C(C)NC(SCC(=O)Nc2ccc(F)cc2)=C(C#N)[C@H]1c1ccco1. The monoisotopic (exact) mass is 453 g/mol. The average molecular weight is 453 g/mol. The number of benzene rings is 1. The van der Waals surface area contributed by atoms with Crippen molar-refractivity contribution >= 4 is 29.3 Å². The first-order valence-electron chi connectivity index (χ1n) is 9.56. The lowest BCUT2D eigenvalue weighted by molar-refractivity contribution is -0.138. The van der Waals surface area contributed by atoms with Crippen LogP contribution >= 0.6 is 11.8 Å². The summed E-state index contributed by atoms with van der Waals surface area (Å²) in [6.45, 7) is 5.25. The number of carbonyl (C=O) groups excluding carboxylic acids is 2. The van der Waals surface area contributed by atoms with Gasteiger partial charge in [-0.15, -0.1) is 0 Å². The number of rotatable bonds is 8. The van der Waals surface area contributed by atoms with Crippen molar-refractivity contribution in [3.63, 3.8) is 0 Å². The molecule has 32 heavy (non-hydrogen) atoms. The third-order valence-electron chi connectivity index (χ3n) is 4.50. The predicted molar refractivity (Wildman–Crippen MR) is 119 cm³/mol. The van der Waals surface area contributed by atoms with Crippen molar-refractivity contribution in [1.29, 1.82) is 5.26 Å². The number of hydrogen-bond acceptors (Lipinski definition) is 7. The molecule has 0 radical (unpaired) electrons. The van der Waals surface area contributed by atoms with Crippen molar-refractivity contribution in [3.8, 4) is 6.07 Å². The van der Waals surface area contributed by atoms with Gasteiger partial charge in [-0.1, -0.05) is 24.4 Å². The van der Waals surface area contributed by atoms with Gasteiger partial charge >= 0.3 is 5.97 Å². The first-order chi connectivity index (χ1) is 15.4. The minimum absolute atomic E-state index is 0.0146. The smallest absolute Gasteiger partial charge is 0.337 e. The van der Waals surface area contributed by atoms with Gasteiger partial charge in [0.05, 0.1) is 40.2 Å². The lowest BCUT2D eigenvalue weighted by Crippen LogP contribution is -2.29. The third-order valence-corrected chi connectivity index (χ3v) is 5.52. The molecule has 0 bridgehead atoms. The molecule has 0 saturated carbocycles. The molecule has 3 rings (SSSR count). The second-order valence-corrected chi connectivity index (χ2v) is 7.68. The van der Waals surface area contributed by atoms with Crippen LogP contribution in [0.3, 0.4) is 0 Å². The average Bonchev–Trinajstić information content (AvgIpc) is 3.31. The van der Waals surface area contributed by atoms with E-state index >= 15 is 0 Å². The fourth-order valence-corrected chi connectivity index (χ4v) is 4.01. The first-order valence-corrected chi connectivity index (χ1v) is 10.5. The molecule has 1 atom stereocenters. The summed E-state index contributed by atoms with van der Waals surface area (Å²) in [5.74, 6) is -1.72. The number of thioether (sulfide) groups is 1. The molecule has 1 aliphatic heterocycles. The Hall–Kier alpha value is -3.77. The molecule has 2 heterocycles. The van der Waals surface area contributed by atoms with E-state index in [1.807, 2.05) is 0 Å². The van der Waals surface area contributed by atoms with E-state index in [4.69, 9.17) is 9.15 Å². The predicted octanol–water partition coefficient (Wildman–Crippen LogP) is 4.22. The lowest BCUT2D eigenvalue weighted by atomic mass is 9.86. The zero-order chi connectivity index (χ0) is 23.1. The number of nitrogens with one attached hydrogen (secondary N) is 2. The number of esters is 1. The third kappa shape index (κ3) is 5.28. The summed E-state index contributed by atoms with van der Waals surface area (Å²) < 4.78 is 23.7. The van der Waals surface area contributed by atoms with E-state index in [1.165, 1.54) is 36.6 Å². The van der Waals surface area contributed by atoms with E-state index < -0.39 is 17.7 Å². The van der Waals surface area contributed by atoms with E-state index in [0.717, 1.165) is 11.8 Å². The van der Waals surface area contributed by atoms with Crippen molar-refractivity contribution in [2.75, 3.05) is 17.7 Å². The number of nitriles is 1. The number of dihydropyridines is 1. The molecule has 164 valence electrons. The Kier molecular flexibility index (Phi) is 7.52. The zero-order valence-electron chi connectivity index (χ0n) is 17.2.